The van der Waals surface area contributed by atoms with E-state index < -0.39 is 15.9 Å². The zero-order chi connectivity index (χ0) is 22.0. The number of anilines is 2. The molecule has 0 saturated carbocycles. The van der Waals surface area contributed by atoms with Gasteiger partial charge in [-0.3, -0.25) is 14.8 Å². The van der Waals surface area contributed by atoms with Crippen LogP contribution in [0.2, 0.25) is 0 Å². The van der Waals surface area contributed by atoms with Gasteiger partial charge >= 0.3 is 0 Å². The van der Waals surface area contributed by atoms with Gasteiger partial charge in [-0.1, -0.05) is 41.2 Å². The van der Waals surface area contributed by atoms with Crippen molar-refractivity contribution < 1.29 is 17.9 Å². The van der Waals surface area contributed by atoms with E-state index in [0.717, 1.165) is 10.3 Å². The number of amides is 1. The molecule has 0 saturated heterocycles. The minimum absolute atomic E-state index is 0.149. The van der Waals surface area contributed by atoms with Crippen molar-refractivity contribution in [1.82, 2.24) is 4.98 Å². The number of methoxy groups -OCH3 is 1. The molecule has 0 aliphatic carbocycles. The largest absolute Gasteiger partial charge is 0.494 e. The fourth-order valence-electron chi connectivity index (χ4n) is 2.97. The first-order valence-electron chi connectivity index (χ1n) is 9.30. The molecule has 0 unspecified atom stereocenters. The summed E-state index contributed by atoms with van der Waals surface area (Å²) in [5.74, 6) is 0.233. The highest BCUT2D eigenvalue weighted by Gasteiger charge is 2.16. The molecular formula is C22H19N3O4S2. The van der Waals surface area contributed by atoms with Crippen LogP contribution in [0, 0.1) is 6.92 Å². The van der Waals surface area contributed by atoms with E-state index in [4.69, 9.17) is 4.74 Å². The van der Waals surface area contributed by atoms with Crippen molar-refractivity contribution >= 4 is 48.3 Å². The van der Waals surface area contributed by atoms with Crippen LogP contribution in [0.1, 0.15) is 15.9 Å². The molecule has 0 bridgehead atoms. The summed E-state index contributed by atoms with van der Waals surface area (Å²) in [5.41, 5.74) is 2.23. The van der Waals surface area contributed by atoms with Gasteiger partial charge in [-0.05, 0) is 49.4 Å². The van der Waals surface area contributed by atoms with Gasteiger partial charge in [0.15, 0.2) is 5.13 Å². The molecule has 0 radical (unpaired) electrons. The number of hydrogen-bond donors (Lipinski definition) is 2. The maximum Gasteiger partial charge on any atom is 0.261 e. The van der Waals surface area contributed by atoms with Gasteiger partial charge in [-0.15, -0.1) is 0 Å². The Morgan fingerprint density at radius 3 is 2.52 bits per heavy atom. The number of aryl methyl sites for hydroxylation is 1. The Bertz CT molecular complexity index is 1360. The third-order valence-electron chi connectivity index (χ3n) is 4.53. The van der Waals surface area contributed by atoms with Crippen molar-refractivity contribution in [3.63, 3.8) is 0 Å². The number of sulfonamides is 1. The number of carbonyl (C=O) groups excluding carboxylic acids is 1. The summed E-state index contributed by atoms with van der Waals surface area (Å²) >= 11 is 1.33. The third-order valence-corrected chi connectivity index (χ3v) is 6.86. The van der Waals surface area contributed by atoms with Crippen LogP contribution in [0.4, 0.5) is 10.8 Å². The number of nitrogens with zero attached hydrogens (tertiary/aromatic N) is 1. The molecular weight excluding hydrogens is 434 g/mol. The summed E-state index contributed by atoms with van der Waals surface area (Å²) in [7, 11) is -2.20. The number of ether oxygens (including phenoxy) is 1. The topological polar surface area (TPSA) is 97.4 Å². The summed E-state index contributed by atoms with van der Waals surface area (Å²) in [5, 5.41) is 3.19. The number of benzene rings is 3. The number of thiazole rings is 1. The number of nitrogens with one attached hydrogen (secondary N) is 2. The van der Waals surface area contributed by atoms with Crippen LogP contribution in [-0.4, -0.2) is 26.4 Å². The third kappa shape index (κ3) is 4.52. The molecule has 3 aromatic carbocycles. The molecule has 4 rings (SSSR count). The summed E-state index contributed by atoms with van der Waals surface area (Å²) in [6.07, 6.45) is 0. The van der Waals surface area contributed by atoms with E-state index in [-0.39, 0.29) is 4.90 Å². The smallest absolute Gasteiger partial charge is 0.261 e. The Hall–Kier alpha value is -3.43. The molecule has 1 amide bonds. The van der Waals surface area contributed by atoms with Crippen LogP contribution in [0.25, 0.3) is 10.2 Å². The van der Waals surface area contributed by atoms with Crippen LogP contribution in [0.5, 0.6) is 5.75 Å². The van der Waals surface area contributed by atoms with Crippen molar-refractivity contribution in [2.75, 3.05) is 17.1 Å². The highest BCUT2D eigenvalue weighted by Crippen LogP contribution is 2.32. The molecule has 0 atom stereocenters. The maximum absolute atomic E-state index is 12.7. The SMILES string of the molecule is COc1cccc2sc(NC(=O)c3cccc(NS(=O)(=O)c4ccc(C)cc4)c3)nc12. The minimum Gasteiger partial charge on any atom is -0.494 e. The lowest BCUT2D eigenvalue weighted by Gasteiger charge is -2.10. The van der Waals surface area contributed by atoms with Crippen LogP contribution < -0.4 is 14.8 Å². The predicted octanol–water partition coefficient (Wildman–Crippen LogP) is 4.67. The average Bonchev–Trinajstić information content (AvgIpc) is 3.16. The molecule has 9 heteroatoms. The molecule has 4 aromatic rings. The van der Waals surface area contributed by atoms with E-state index in [1.54, 1.807) is 43.5 Å². The standard InChI is InChI=1S/C22H19N3O4S2/c1-14-9-11-17(12-10-14)31(27,28)25-16-6-3-5-15(13-16)21(26)24-22-23-20-18(29-2)7-4-8-19(20)30-22/h3-13,25H,1-2H3,(H,23,24,26). The van der Waals surface area contributed by atoms with E-state index in [0.29, 0.717) is 27.6 Å². The number of fused-ring (bicyclic) bond motifs is 1. The first-order valence-corrected chi connectivity index (χ1v) is 11.6. The average molecular weight is 454 g/mol. The molecule has 2 N–H and O–H groups in total. The zero-order valence-electron chi connectivity index (χ0n) is 16.7. The lowest BCUT2D eigenvalue weighted by molar-refractivity contribution is 0.102. The first kappa shape index (κ1) is 20.8. The second kappa shape index (κ2) is 8.37. The quantitative estimate of drug-likeness (QED) is 0.442. The number of hydrogen-bond acceptors (Lipinski definition) is 6. The van der Waals surface area contributed by atoms with Crippen molar-refractivity contribution in [3.8, 4) is 5.75 Å². The van der Waals surface area contributed by atoms with Crippen molar-refractivity contribution in [3.05, 3.63) is 77.9 Å². The van der Waals surface area contributed by atoms with Gasteiger partial charge in [-0.25, -0.2) is 13.4 Å². The molecule has 0 fully saturated rings. The van der Waals surface area contributed by atoms with Gasteiger partial charge in [0.2, 0.25) is 0 Å². The summed E-state index contributed by atoms with van der Waals surface area (Å²) in [6, 6.07) is 18.4. The first-order chi connectivity index (χ1) is 14.9. The van der Waals surface area contributed by atoms with Crippen LogP contribution in [0.15, 0.2) is 71.6 Å². The monoisotopic (exact) mass is 453 g/mol. The van der Waals surface area contributed by atoms with Gasteiger partial charge in [0.25, 0.3) is 15.9 Å². The Labute approximate surface area is 183 Å². The van der Waals surface area contributed by atoms with Gasteiger partial charge in [0.05, 0.1) is 16.7 Å². The second-order valence-corrected chi connectivity index (χ2v) is 9.49. The number of carbonyl (C=O) groups is 1. The van der Waals surface area contributed by atoms with E-state index in [9.17, 15) is 13.2 Å². The molecule has 1 aromatic heterocycles. The Morgan fingerprint density at radius 1 is 1.03 bits per heavy atom. The molecule has 158 valence electrons. The van der Waals surface area contributed by atoms with Crippen molar-refractivity contribution in [1.29, 1.82) is 0 Å². The Morgan fingerprint density at radius 2 is 1.77 bits per heavy atom. The molecule has 0 aliphatic rings. The zero-order valence-corrected chi connectivity index (χ0v) is 18.4. The van der Waals surface area contributed by atoms with Crippen molar-refractivity contribution in [2.24, 2.45) is 0 Å². The highest BCUT2D eigenvalue weighted by molar-refractivity contribution is 7.92. The second-order valence-electron chi connectivity index (χ2n) is 6.78. The van der Waals surface area contributed by atoms with E-state index in [2.05, 4.69) is 15.0 Å². The number of rotatable bonds is 6. The Balaban J connectivity index is 1.54. The predicted molar refractivity (Wildman–Crippen MR) is 123 cm³/mol. The van der Waals surface area contributed by atoms with E-state index in [1.165, 1.54) is 29.5 Å². The normalized spacial score (nSPS) is 11.3. The maximum atomic E-state index is 12.7. The van der Waals surface area contributed by atoms with Gasteiger partial charge in [0.1, 0.15) is 11.3 Å². The summed E-state index contributed by atoms with van der Waals surface area (Å²) < 4.78 is 33.9. The molecule has 0 spiro atoms. The minimum atomic E-state index is -3.76. The molecule has 31 heavy (non-hydrogen) atoms. The van der Waals surface area contributed by atoms with E-state index >= 15 is 0 Å². The Kier molecular flexibility index (Phi) is 5.62. The van der Waals surface area contributed by atoms with Crippen LogP contribution >= 0.6 is 11.3 Å². The van der Waals surface area contributed by atoms with Gasteiger partial charge in [-0.2, -0.15) is 0 Å². The molecule has 0 aliphatic heterocycles. The number of aromatic nitrogens is 1. The summed E-state index contributed by atoms with van der Waals surface area (Å²) in [4.78, 5) is 17.3. The van der Waals surface area contributed by atoms with E-state index in [1.807, 2.05) is 19.1 Å². The lowest BCUT2D eigenvalue weighted by atomic mass is 10.2. The fourth-order valence-corrected chi connectivity index (χ4v) is 4.89. The van der Waals surface area contributed by atoms with Gasteiger partial charge in [0, 0.05) is 11.3 Å². The highest BCUT2D eigenvalue weighted by atomic mass is 32.2. The molecule has 1 heterocycles. The summed E-state index contributed by atoms with van der Waals surface area (Å²) in [6.45, 7) is 1.88. The number of para-hydroxylation sites is 1. The lowest BCUT2D eigenvalue weighted by Crippen LogP contribution is -2.15. The van der Waals surface area contributed by atoms with Crippen LogP contribution in [-0.2, 0) is 10.0 Å². The van der Waals surface area contributed by atoms with Crippen molar-refractivity contribution in [2.45, 2.75) is 11.8 Å². The van der Waals surface area contributed by atoms with Crippen LogP contribution in [0.3, 0.4) is 0 Å². The molecule has 7 nitrogen and oxygen atoms in total. The van der Waals surface area contributed by atoms with Gasteiger partial charge < -0.3 is 4.74 Å². The fraction of sp³-hybridized carbons (Fsp3) is 0.0909.